The van der Waals surface area contributed by atoms with Crippen molar-refractivity contribution >= 4 is 27.5 Å². The van der Waals surface area contributed by atoms with Crippen LogP contribution in [0.2, 0.25) is 0 Å². The van der Waals surface area contributed by atoms with Crippen LogP contribution in [-0.4, -0.2) is 10.2 Å². The minimum absolute atomic E-state index is 0.272. The predicted molar refractivity (Wildman–Crippen MR) is 61.2 cm³/mol. The molecule has 0 fully saturated rings. The molecule has 0 saturated heterocycles. The van der Waals surface area contributed by atoms with Gasteiger partial charge in [-0.2, -0.15) is 0 Å². The van der Waals surface area contributed by atoms with Crippen LogP contribution in [0.5, 0.6) is 0 Å². The molecule has 0 rings (SSSR count). The van der Waals surface area contributed by atoms with E-state index in [-0.39, 0.29) is 4.87 Å². The predicted octanol–water partition coefficient (Wildman–Crippen LogP) is 4.29. The molecule has 0 aromatic rings. The third kappa shape index (κ3) is 5.00. The van der Waals surface area contributed by atoms with E-state index >= 15 is 0 Å². The van der Waals surface area contributed by atoms with Gasteiger partial charge >= 0.3 is 0 Å². The van der Waals surface area contributed by atoms with E-state index in [1.54, 1.807) is 0 Å². The van der Waals surface area contributed by atoms with Gasteiger partial charge in [0.15, 0.2) is 0 Å². The van der Waals surface area contributed by atoms with Crippen molar-refractivity contribution < 1.29 is 0 Å². The van der Waals surface area contributed by atoms with E-state index in [2.05, 4.69) is 42.4 Å². The number of rotatable bonds is 5. The van der Waals surface area contributed by atoms with Crippen molar-refractivity contribution in [1.29, 1.82) is 0 Å². The van der Waals surface area contributed by atoms with Gasteiger partial charge in [0.2, 0.25) is 0 Å². The molecule has 0 saturated carbocycles. The van der Waals surface area contributed by atoms with Crippen LogP contribution in [0.4, 0.5) is 0 Å². The van der Waals surface area contributed by atoms with Gasteiger partial charge in [-0.05, 0) is 26.7 Å². The van der Waals surface area contributed by atoms with Gasteiger partial charge in [0, 0.05) is 5.33 Å². The Labute approximate surface area is 88.8 Å². The molecule has 0 unspecified atom stereocenters. The van der Waals surface area contributed by atoms with E-state index in [1.165, 1.54) is 5.57 Å². The van der Waals surface area contributed by atoms with Crippen LogP contribution < -0.4 is 0 Å². The van der Waals surface area contributed by atoms with Gasteiger partial charge in [0.1, 0.15) is 0 Å². The zero-order chi connectivity index (χ0) is 9.61. The van der Waals surface area contributed by atoms with Crippen LogP contribution in [0.3, 0.4) is 0 Å². The normalized spacial score (nSPS) is 15.0. The first-order valence-corrected chi connectivity index (χ1v) is 5.56. The Bertz CT molecular complexity index is 171. The second-order valence-electron chi connectivity index (χ2n) is 3.19. The molecule has 0 heterocycles. The van der Waals surface area contributed by atoms with Crippen LogP contribution in [0.15, 0.2) is 24.3 Å². The lowest BCUT2D eigenvalue weighted by Gasteiger charge is -2.18. The summed E-state index contributed by atoms with van der Waals surface area (Å²) < 4.78 is 0. The fourth-order valence-corrected chi connectivity index (χ4v) is 1.44. The Morgan fingerprint density at radius 1 is 1.58 bits per heavy atom. The average molecular weight is 252 g/mol. The van der Waals surface area contributed by atoms with Crippen molar-refractivity contribution in [2.24, 2.45) is 0 Å². The molecule has 0 spiro atoms. The minimum Gasteiger partial charge on any atom is -0.114 e. The molecule has 0 N–H and O–H groups in total. The Kier molecular flexibility index (Phi) is 5.94. The van der Waals surface area contributed by atoms with Crippen LogP contribution in [0, 0.1) is 0 Å². The van der Waals surface area contributed by atoms with Crippen molar-refractivity contribution in [3.63, 3.8) is 0 Å². The highest BCUT2D eigenvalue weighted by Crippen LogP contribution is 2.25. The van der Waals surface area contributed by atoms with Gasteiger partial charge in [-0.3, -0.25) is 0 Å². The molecular formula is C10H16BrCl. The van der Waals surface area contributed by atoms with E-state index in [4.69, 9.17) is 11.6 Å². The maximum atomic E-state index is 6.20. The number of alkyl halides is 2. The van der Waals surface area contributed by atoms with E-state index in [1.807, 2.05) is 6.08 Å². The van der Waals surface area contributed by atoms with Gasteiger partial charge in [-0.25, -0.2) is 0 Å². The van der Waals surface area contributed by atoms with Gasteiger partial charge < -0.3 is 0 Å². The Balaban J connectivity index is 3.89. The largest absolute Gasteiger partial charge is 0.114 e. The van der Waals surface area contributed by atoms with Crippen LogP contribution >= 0.6 is 27.5 Å². The summed E-state index contributed by atoms with van der Waals surface area (Å²) in [6, 6.07) is 0. The summed E-state index contributed by atoms with van der Waals surface area (Å²) >= 11 is 9.57. The standard InChI is InChI=1S/C10H16BrCl/c1-4-10(12,8-11)7-5-6-9(2)3/h4,6H,1,5,7-8H2,2-3H3/t10-/m0/s1. The lowest BCUT2D eigenvalue weighted by Crippen LogP contribution is -2.19. The molecular weight excluding hydrogens is 235 g/mol. The van der Waals surface area contributed by atoms with Crippen LogP contribution in [0.25, 0.3) is 0 Å². The Morgan fingerprint density at radius 3 is 2.50 bits per heavy atom. The molecule has 2 heteroatoms. The molecule has 0 nitrogen and oxygen atoms in total. The second kappa shape index (κ2) is 5.82. The van der Waals surface area contributed by atoms with E-state index < -0.39 is 0 Å². The van der Waals surface area contributed by atoms with E-state index in [0.717, 1.165) is 18.2 Å². The maximum absolute atomic E-state index is 6.20. The molecule has 70 valence electrons. The molecule has 0 bridgehead atoms. The second-order valence-corrected chi connectivity index (χ2v) is 4.51. The molecule has 0 aromatic carbocycles. The summed E-state index contributed by atoms with van der Waals surface area (Å²) in [6.45, 7) is 7.91. The zero-order valence-corrected chi connectivity index (χ0v) is 10.1. The highest BCUT2D eigenvalue weighted by molar-refractivity contribution is 9.09. The zero-order valence-electron chi connectivity index (χ0n) is 7.74. The fourth-order valence-electron chi connectivity index (χ4n) is 0.824. The summed E-state index contributed by atoms with van der Waals surface area (Å²) in [6.07, 6.45) is 5.96. The van der Waals surface area contributed by atoms with Crippen molar-refractivity contribution in [1.82, 2.24) is 0 Å². The maximum Gasteiger partial charge on any atom is 0.0722 e. The Morgan fingerprint density at radius 2 is 2.17 bits per heavy atom. The third-order valence-corrected chi connectivity index (χ3v) is 3.50. The van der Waals surface area contributed by atoms with Crippen molar-refractivity contribution in [3.8, 4) is 0 Å². The lowest BCUT2D eigenvalue weighted by atomic mass is 10.0. The highest BCUT2D eigenvalue weighted by atomic mass is 79.9. The summed E-state index contributed by atoms with van der Waals surface area (Å²) in [5.74, 6) is 0. The fraction of sp³-hybridized carbons (Fsp3) is 0.600. The summed E-state index contributed by atoms with van der Waals surface area (Å²) in [5.41, 5.74) is 1.34. The van der Waals surface area contributed by atoms with Crippen molar-refractivity contribution in [2.75, 3.05) is 5.33 Å². The SMILES string of the molecule is C=C[C@@](Cl)(CBr)CCC=C(C)C. The molecule has 0 aromatic heterocycles. The third-order valence-electron chi connectivity index (χ3n) is 1.70. The quantitative estimate of drug-likeness (QED) is 0.505. The molecule has 12 heavy (non-hydrogen) atoms. The van der Waals surface area contributed by atoms with Gasteiger partial charge in [-0.15, -0.1) is 18.2 Å². The number of hydrogen-bond donors (Lipinski definition) is 0. The van der Waals surface area contributed by atoms with Gasteiger partial charge in [0.25, 0.3) is 0 Å². The first-order chi connectivity index (χ1) is 5.54. The lowest BCUT2D eigenvalue weighted by molar-refractivity contribution is 0.710. The van der Waals surface area contributed by atoms with E-state index in [9.17, 15) is 0 Å². The molecule has 0 amide bonds. The smallest absolute Gasteiger partial charge is 0.0722 e. The number of allylic oxidation sites excluding steroid dienone is 3. The summed E-state index contributed by atoms with van der Waals surface area (Å²) in [7, 11) is 0. The molecule has 0 radical (unpaired) electrons. The first-order valence-electron chi connectivity index (χ1n) is 4.06. The van der Waals surface area contributed by atoms with Crippen molar-refractivity contribution in [3.05, 3.63) is 24.3 Å². The highest BCUT2D eigenvalue weighted by Gasteiger charge is 2.19. The number of hydrogen-bond acceptors (Lipinski definition) is 0. The molecule has 0 aliphatic rings. The van der Waals surface area contributed by atoms with Crippen LogP contribution in [-0.2, 0) is 0 Å². The summed E-state index contributed by atoms with van der Waals surface area (Å²) in [4.78, 5) is -0.272. The topological polar surface area (TPSA) is 0 Å². The minimum atomic E-state index is -0.272. The monoisotopic (exact) mass is 250 g/mol. The molecule has 0 aliphatic heterocycles. The first kappa shape index (κ1) is 12.2. The average Bonchev–Trinajstić information content (AvgIpc) is 2.03. The van der Waals surface area contributed by atoms with Crippen molar-refractivity contribution in [2.45, 2.75) is 31.6 Å². The summed E-state index contributed by atoms with van der Waals surface area (Å²) in [5, 5.41) is 0.766. The number of halogens is 2. The van der Waals surface area contributed by atoms with Gasteiger partial charge in [0.05, 0.1) is 4.87 Å². The van der Waals surface area contributed by atoms with Crippen LogP contribution in [0.1, 0.15) is 26.7 Å². The molecule has 1 atom stereocenters. The van der Waals surface area contributed by atoms with E-state index in [0.29, 0.717) is 0 Å². The Hall–Kier alpha value is 0.250. The van der Waals surface area contributed by atoms with Gasteiger partial charge in [-0.1, -0.05) is 33.7 Å². The molecule has 0 aliphatic carbocycles.